The fourth-order valence-corrected chi connectivity index (χ4v) is 0.783. The molecule has 0 spiro atoms. The van der Waals surface area contributed by atoms with Crippen molar-refractivity contribution in [1.82, 2.24) is 0 Å². The first-order chi connectivity index (χ1) is 5.54. The molecule has 0 aliphatic carbocycles. The van der Waals surface area contributed by atoms with Crippen LogP contribution in [0, 0.1) is 11.6 Å². The van der Waals surface area contributed by atoms with Crippen molar-refractivity contribution in [2.75, 3.05) is 5.73 Å². The van der Waals surface area contributed by atoms with Gasteiger partial charge in [0.25, 0.3) is 0 Å². The minimum atomic E-state index is -1.58. The van der Waals surface area contributed by atoms with Crippen molar-refractivity contribution >= 4 is 24.1 Å². The third-order valence-corrected chi connectivity index (χ3v) is 1.34. The molecule has 1 rings (SSSR count). The molecule has 0 aliphatic heterocycles. The molecule has 72 valence electrons. The summed E-state index contributed by atoms with van der Waals surface area (Å²) < 4.78 is 25.1. The van der Waals surface area contributed by atoms with Gasteiger partial charge in [0.05, 0.1) is 0 Å². The Balaban J connectivity index is 0.00000144. The molecule has 6 heteroatoms. The number of halogens is 3. The van der Waals surface area contributed by atoms with Crippen molar-refractivity contribution in [3.8, 4) is 0 Å². The minimum absolute atomic E-state index is 0. The van der Waals surface area contributed by atoms with Crippen LogP contribution in [0.15, 0.2) is 12.1 Å². The van der Waals surface area contributed by atoms with Gasteiger partial charge >= 0.3 is 5.97 Å². The molecule has 0 aliphatic rings. The van der Waals surface area contributed by atoms with Gasteiger partial charge in [-0.2, -0.15) is 0 Å². The number of nitrogen functional groups attached to an aromatic ring is 1. The van der Waals surface area contributed by atoms with Gasteiger partial charge in [0, 0.05) is 5.69 Å². The molecule has 3 nitrogen and oxygen atoms in total. The smallest absolute Gasteiger partial charge is 0.340 e. The predicted octanol–water partition coefficient (Wildman–Crippen LogP) is 1.67. The second-order valence-corrected chi connectivity index (χ2v) is 2.13. The Morgan fingerprint density at radius 1 is 1.38 bits per heavy atom. The van der Waals surface area contributed by atoms with Gasteiger partial charge in [-0.3, -0.25) is 0 Å². The first-order valence-electron chi connectivity index (χ1n) is 3.01. The average molecular weight is 210 g/mol. The number of hydrogen-bond acceptors (Lipinski definition) is 2. The fraction of sp³-hybridized carbons (Fsp3) is 0. The molecule has 0 unspecified atom stereocenters. The van der Waals surface area contributed by atoms with Crippen LogP contribution in [0.25, 0.3) is 0 Å². The first-order valence-corrected chi connectivity index (χ1v) is 3.01. The van der Waals surface area contributed by atoms with Crippen LogP contribution in [0.3, 0.4) is 0 Å². The number of aromatic carboxylic acids is 1. The molecule has 1 aromatic rings. The van der Waals surface area contributed by atoms with E-state index in [1.165, 1.54) is 0 Å². The predicted molar refractivity (Wildman–Crippen MR) is 45.0 cm³/mol. The number of benzene rings is 1. The van der Waals surface area contributed by atoms with Crippen LogP contribution in [0.5, 0.6) is 0 Å². The number of carbonyl (C=O) groups is 1. The van der Waals surface area contributed by atoms with Crippen LogP contribution < -0.4 is 5.73 Å². The van der Waals surface area contributed by atoms with Crippen LogP contribution in [0.4, 0.5) is 14.5 Å². The third-order valence-electron chi connectivity index (χ3n) is 1.34. The van der Waals surface area contributed by atoms with E-state index in [1.54, 1.807) is 0 Å². The Bertz CT molecular complexity index is 344. The lowest BCUT2D eigenvalue weighted by molar-refractivity contribution is 0.0692. The van der Waals surface area contributed by atoms with Gasteiger partial charge in [0.15, 0.2) is 11.6 Å². The maximum Gasteiger partial charge on any atom is 0.340 e. The summed E-state index contributed by atoms with van der Waals surface area (Å²) in [6, 6.07) is 1.78. The number of carboxylic acid groups (broad SMARTS) is 1. The summed E-state index contributed by atoms with van der Waals surface area (Å²) in [5.41, 5.74) is 3.99. The zero-order valence-electron chi connectivity index (χ0n) is 6.25. The summed E-state index contributed by atoms with van der Waals surface area (Å²) in [5, 5.41) is 8.38. The van der Waals surface area contributed by atoms with Crippen LogP contribution in [-0.4, -0.2) is 11.1 Å². The molecular formula is C7H6ClF2NO2. The molecule has 0 amide bonds. The molecule has 0 atom stereocenters. The third kappa shape index (κ3) is 2.06. The van der Waals surface area contributed by atoms with E-state index in [4.69, 9.17) is 10.8 Å². The summed E-state index contributed by atoms with van der Waals surface area (Å²) in [6.45, 7) is 0. The summed E-state index contributed by atoms with van der Waals surface area (Å²) in [6.07, 6.45) is 0. The summed E-state index contributed by atoms with van der Waals surface area (Å²) in [7, 11) is 0. The summed E-state index contributed by atoms with van der Waals surface area (Å²) >= 11 is 0. The van der Waals surface area contributed by atoms with Gasteiger partial charge in [0.1, 0.15) is 5.56 Å². The Hall–Kier alpha value is -1.36. The highest BCUT2D eigenvalue weighted by Crippen LogP contribution is 2.18. The zero-order valence-corrected chi connectivity index (χ0v) is 7.07. The molecule has 0 bridgehead atoms. The Morgan fingerprint density at radius 2 is 1.92 bits per heavy atom. The highest BCUT2D eigenvalue weighted by Gasteiger charge is 2.17. The number of carboxylic acids is 1. The van der Waals surface area contributed by atoms with Crippen molar-refractivity contribution in [3.63, 3.8) is 0 Å². The fourth-order valence-electron chi connectivity index (χ4n) is 0.783. The molecule has 1 aromatic carbocycles. The minimum Gasteiger partial charge on any atom is -0.478 e. The van der Waals surface area contributed by atoms with Crippen molar-refractivity contribution in [3.05, 3.63) is 29.3 Å². The maximum absolute atomic E-state index is 12.7. The van der Waals surface area contributed by atoms with Gasteiger partial charge in [-0.15, -0.1) is 12.4 Å². The van der Waals surface area contributed by atoms with E-state index in [-0.39, 0.29) is 18.1 Å². The highest BCUT2D eigenvalue weighted by molar-refractivity contribution is 5.93. The van der Waals surface area contributed by atoms with Crippen LogP contribution in [-0.2, 0) is 0 Å². The molecule has 0 radical (unpaired) electrons. The van der Waals surface area contributed by atoms with E-state index in [2.05, 4.69) is 0 Å². The normalized spacial score (nSPS) is 9.08. The molecule has 0 aromatic heterocycles. The molecule has 0 saturated carbocycles. The van der Waals surface area contributed by atoms with Crippen LogP contribution >= 0.6 is 12.4 Å². The number of rotatable bonds is 1. The van der Waals surface area contributed by atoms with Gasteiger partial charge < -0.3 is 10.8 Å². The molecule has 3 N–H and O–H groups in total. The molecular weight excluding hydrogens is 204 g/mol. The van der Waals surface area contributed by atoms with Gasteiger partial charge in [-0.1, -0.05) is 0 Å². The Morgan fingerprint density at radius 3 is 2.31 bits per heavy atom. The number of hydrogen-bond donors (Lipinski definition) is 2. The second kappa shape index (κ2) is 4.04. The molecule has 13 heavy (non-hydrogen) atoms. The maximum atomic E-state index is 12.7. The van der Waals surface area contributed by atoms with Crippen LogP contribution in [0.1, 0.15) is 10.4 Å². The SMILES string of the molecule is Cl.Nc1ccc(F)c(F)c1C(=O)O. The molecule has 0 heterocycles. The second-order valence-electron chi connectivity index (χ2n) is 2.13. The van der Waals surface area contributed by atoms with Crippen molar-refractivity contribution in [1.29, 1.82) is 0 Å². The summed E-state index contributed by atoms with van der Waals surface area (Å²) in [4.78, 5) is 10.3. The monoisotopic (exact) mass is 209 g/mol. The van der Waals surface area contributed by atoms with E-state index in [0.717, 1.165) is 12.1 Å². The van der Waals surface area contributed by atoms with Gasteiger partial charge in [-0.05, 0) is 12.1 Å². The van der Waals surface area contributed by atoms with E-state index in [0.29, 0.717) is 0 Å². The Labute approximate surface area is 78.6 Å². The van der Waals surface area contributed by atoms with E-state index in [9.17, 15) is 13.6 Å². The van der Waals surface area contributed by atoms with Crippen molar-refractivity contribution in [2.45, 2.75) is 0 Å². The standard InChI is InChI=1S/C7H5F2NO2.ClH/c8-3-1-2-4(10)5(6(3)9)7(11)12;/h1-2H,10H2,(H,11,12);1H. The van der Waals surface area contributed by atoms with Crippen molar-refractivity contribution in [2.24, 2.45) is 0 Å². The highest BCUT2D eigenvalue weighted by atomic mass is 35.5. The van der Waals surface area contributed by atoms with E-state index >= 15 is 0 Å². The number of nitrogens with two attached hydrogens (primary N) is 1. The molecule has 0 fully saturated rings. The van der Waals surface area contributed by atoms with Crippen LogP contribution in [0.2, 0.25) is 0 Å². The van der Waals surface area contributed by atoms with E-state index < -0.39 is 23.2 Å². The quantitative estimate of drug-likeness (QED) is 0.692. The topological polar surface area (TPSA) is 63.3 Å². The average Bonchev–Trinajstić information content (AvgIpc) is 1.97. The Kier molecular flexibility index (Phi) is 3.62. The lowest BCUT2D eigenvalue weighted by atomic mass is 10.1. The lowest BCUT2D eigenvalue weighted by Gasteiger charge is -2.01. The zero-order chi connectivity index (χ0) is 9.30. The van der Waals surface area contributed by atoms with Gasteiger partial charge in [0.2, 0.25) is 0 Å². The first kappa shape index (κ1) is 11.6. The largest absolute Gasteiger partial charge is 0.478 e. The summed E-state index contributed by atoms with van der Waals surface area (Å²) in [5.74, 6) is -4.23. The molecule has 0 saturated heterocycles. The van der Waals surface area contributed by atoms with Crippen molar-refractivity contribution < 1.29 is 18.7 Å². The van der Waals surface area contributed by atoms with E-state index in [1.807, 2.05) is 0 Å². The van der Waals surface area contributed by atoms with Gasteiger partial charge in [-0.25, -0.2) is 13.6 Å². The lowest BCUT2D eigenvalue weighted by Crippen LogP contribution is -2.07. The number of anilines is 1.